The van der Waals surface area contributed by atoms with E-state index in [1.54, 1.807) is 40.7 Å². The summed E-state index contributed by atoms with van der Waals surface area (Å²) in [6.07, 6.45) is 0.120. The number of halogens is 4. The zero-order chi connectivity index (χ0) is 34.9. The van der Waals surface area contributed by atoms with Crippen molar-refractivity contribution in [1.82, 2.24) is 0 Å². The zero-order valence-corrected chi connectivity index (χ0v) is 27.9. The highest BCUT2D eigenvalue weighted by atomic mass is 35.5. The van der Waals surface area contributed by atoms with Crippen LogP contribution in [0, 0.1) is 0 Å². The van der Waals surface area contributed by atoms with Crippen LogP contribution < -0.4 is 14.4 Å². The molecule has 0 saturated heterocycles. The smallest absolute Gasteiger partial charge is 0.398 e. The second-order valence-electron chi connectivity index (χ2n) is 11.0. The predicted octanol–water partition coefficient (Wildman–Crippen LogP) is 6.82. The van der Waals surface area contributed by atoms with Crippen LogP contribution in [0.3, 0.4) is 0 Å². The van der Waals surface area contributed by atoms with E-state index in [0.717, 1.165) is 17.2 Å². The van der Waals surface area contributed by atoms with Crippen molar-refractivity contribution < 1.29 is 48.1 Å². The fourth-order valence-corrected chi connectivity index (χ4v) is 6.89. The van der Waals surface area contributed by atoms with E-state index in [2.05, 4.69) is 0 Å². The van der Waals surface area contributed by atoms with Gasteiger partial charge in [-0.25, -0.2) is 0 Å². The number of aromatic nitrogens is 1. The molecule has 256 valence electrons. The Labute approximate surface area is 280 Å². The summed E-state index contributed by atoms with van der Waals surface area (Å²) in [6, 6.07) is 17.3. The van der Waals surface area contributed by atoms with Gasteiger partial charge in [0.2, 0.25) is 5.58 Å². The summed E-state index contributed by atoms with van der Waals surface area (Å²) in [6.45, 7) is 2.26. The van der Waals surface area contributed by atoms with E-state index < -0.39 is 48.5 Å². The third kappa shape index (κ3) is 8.21. The predicted molar refractivity (Wildman–Crippen MR) is 178 cm³/mol. The normalized spacial score (nSPS) is 14.9. The molecule has 0 fully saturated rings. The molecule has 1 aliphatic rings. The standard InChI is InChI=1S/C32H31ClF3N3O7S2/c1-2-37-27-21-25(33)24(32(34,35)36)20-26(27)38(15-7-17-47(40,41)42)30(37)11-6-12-31-39(16-8-18-48(43,44)45)28-19-23(13-14-29(28)46-31)22-9-4-3-5-10-22/h3-6,9-14,19-21H,2,7-8,15-18H2,1H3,(H-,40,41,42,43,44,45)/p+1. The largest absolute Gasteiger partial charge is 0.417 e. The van der Waals surface area contributed by atoms with Crippen LogP contribution in [0.15, 0.2) is 83.1 Å². The van der Waals surface area contributed by atoms with Gasteiger partial charge in [-0.1, -0.05) is 48.0 Å². The lowest BCUT2D eigenvalue weighted by Crippen LogP contribution is -2.36. The van der Waals surface area contributed by atoms with Crippen LogP contribution in [0.25, 0.3) is 28.3 Å². The summed E-state index contributed by atoms with van der Waals surface area (Å²) in [7, 11) is -8.53. The van der Waals surface area contributed by atoms with Gasteiger partial charge in [0.25, 0.3) is 25.8 Å². The number of fused-ring (bicyclic) bond motifs is 2. The SMILES string of the molecule is CCN1C(=CC=Cc2oc3ccc(-c4ccccc4)cc3[n+]2CCCS(=O)(=O)O)N(CCCS(=O)(=O)O)c2cc(C(F)(F)F)c(Cl)cc21. The van der Waals surface area contributed by atoms with Gasteiger partial charge in [-0.15, -0.1) is 0 Å². The van der Waals surface area contributed by atoms with E-state index in [0.29, 0.717) is 35.0 Å². The summed E-state index contributed by atoms with van der Waals surface area (Å²) in [5.74, 6) is -0.305. The first-order valence-electron chi connectivity index (χ1n) is 14.8. The van der Waals surface area contributed by atoms with E-state index in [-0.39, 0.29) is 31.6 Å². The third-order valence-corrected chi connectivity index (χ3v) is 9.63. The molecule has 0 bridgehead atoms. The van der Waals surface area contributed by atoms with Gasteiger partial charge in [0.1, 0.15) is 5.82 Å². The number of rotatable bonds is 12. The summed E-state index contributed by atoms with van der Waals surface area (Å²) >= 11 is 6.06. The lowest BCUT2D eigenvalue weighted by molar-refractivity contribution is -0.677. The van der Waals surface area contributed by atoms with Crippen LogP contribution in [0.2, 0.25) is 5.02 Å². The highest BCUT2D eigenvalue weighted by Crippen LogP contribution is 2.47. The molecule has 10 nitrogen and oxygen atoms in total. The molecule has 2 heterocycles. The quantitative estimate of drug-likeness (QED) is 0.119. The van der Waals surface area contributed by atoms with Gasteiger partial charge in [0.15, 0.2) is 6.54 Å². The van der Waals surface area contributed by atoms with Gasteiger partial charge in [0, 0.05) is 25.6 Å². The molecule has 0 unspecified atom stereocenters. The maximum absolute atomic E-state index is 13.8. The van der Waals surface area contributed by atoms with Crippen molar-refractivity contribution >= 4 is 60.4 Å². The van der Waals surface area contributed by atoms with Gasteiger partial charge in [-0.3, -0.25) is 9.11 Å². The van der Waals surface area contributed by atoms with Crippen molar-refractivity contribution in [3.63, 3.8) is 0 Å². The molecule has 0 atom stereocenters. The minimum atomic E-state index is -4.74. The highest BCUT2D eigenvalue weighted by molar-refractivity contribution is 7.86. The van der Waals surface area contributed by atoms with E-state index in [1.807, 2.05) is 42.5 Å². The molecule has 16 heteroatoms. The van der Waals surface area contributed by atoms with Crippen molar-refractivity contribution in [2.24, 2.45) is 0 Å². The van der Waals surface area contributed by atoms with Crippen molar-refractivity contribution in [3.05, 3.63) is 95.1 Å². The maximum atomic E-state index is 13.8. The number of benzene rings is 3. The minimum Gasteiger partial charge on any atom is -0.398 e. The van der Waals surface area contributed by atoms with Gasteiger partial charge >= 0.3 is 12.1 Å². The molecule has 4 aromatic rings. The monoisotopic (exact) mass is 726 g/mol. The van der Waals surface area contributed by atoms with Crippen LogP contribution >= 0.6 is 11.6 Å². The minimum absolute atomic E-state index is 0.0373. The molecule has 1 aromatic heterocycles. The second kappa shape index (κ2) is 13.9. The first-order valence-corrected chi connectivity index (χ1v) is 18.4. The van der Waals surface area contributed by atoms with E-state index in [9.17, 15) is 39.1 Å². The Kier molecular flexibility index (Phi) is 10.3. The maximum Gasteiger partial charge on any atom is 0.417 e. The molecule has 1 aliphatic heterocycles. The van der Waals surface area contributed by atoms with E-state index >= 15 is 0 Å². The Bertz CT molecular complexity index is 2100. The van der Waals surface area contributed by atoms with Crippen molar-refractivity contribution in [2.45, 2.75) is 32.5 Å². The first-order chi connectivity index (χ1) is 22.6. The van der Waals surface area contributed by atoms with Crippen LogP contribution in [-0.4, -0.2) is 50.5 Å². The number of hydrogen-bond acceptors (Lipinski definition) is 7. The fourth-order valence-electron chi connectivity index (χ4n) is 5.63. The molecule has 0 amide bonds. The van der Waals surface area contributed by atoms with Gasteiger partial charge in [-0.05, 0) is 54.8 Å². The second-order valence-corrected chi connectivity index (χ2v) is 14.6. The molecule has 0 spiro atoms. The van der Waals surface area contributed by atoms with E-state index in [4.69, 9.17) is 16.0 Å². The number of alkyl halides is 3. The molecule has 2 N–H and O–H groups in total. The molecule has 0 aliphatic carbocycles. The summed E-state index contributed by atoms with van der Waals surface area (Å²) in [5.41, 5.74) is 2.54. The molecular weight excluding hydrogens is 695 g/mol. The Morgan fingerprint density at radius 1 is 0.896 bits per heavy atom. The van der Waals surface area contributed by atoms with Crippen molar-refractivity contribution in [3.8, 4) is 11.1 Å². The average molecular weight is 727 g/mol. The summed E-state index contributed by atoms with van der Waals surface area (Å²) in [5, 5.41) is -0.488. The molecule has 3 aromatic carbocycles. The summed E-state index contributed by atoms with van der Waals surface area (Å²) in [4.78, 5) is 3.26. The number of hydrogen-bond donors (Lipinski definition) is 2. The lowest BCUT2D eigenvalue weighted by Gasteiger charge is -2.24. The third-order valence-electron chi connectivity index (χ3n) is 7.71. The molecule has 0 radical (unpaired) electrons. The topological polar surface area (TPSA) is 132 Å². The molecule has 0 saturated carbocycles. The Morgan fingerprint density at radius 2 is 1.56 bits per heavy atom. The van der Waals surface area contributed by atoms with Crippen LogP contribution in [0.5, 0.6) is 0 Å². The Hall–Kier alpha value is -3.89. The van der Waals surface area contributed by atoms with E-state index in [1.165, 1.54) is 11.0 Å². The van der Waals surface area contributed by atoms with Crippen molar-refractivity contribution in [1.29, 1.82) is 0 Å². The number of allylic oxidation sites excluding steroid dienone is 2. The number of nitrogens with zero attached hydrogens (tertiary/aromatic N) is 3. The molecule has 48 heavy (non-hydrogen) atoms. The first kappa shape index (κ1) is 35.4. The number of anilines is 2. The zero-order valence-electron chi connectivity index (χ0n) is 25.6. The van der Waals surface area contributed by atoms with Crippen molar-refractivity contribution in [2.75, 3.05) is 34.4 Å². The Balaban J connectivity index is 1.56. The van der Waals surface area contributed by atoms with Gasteiger partial charge in [0.05, 0.1) is 39.5 Å². The van der Waals surface area contributed by atoms with Crippen LogP contribution in [-0.2, 0) is 33.0 Å². The van der Waals surface area contributed by atoms with Crippen LogP contribution in [0.4, 0.5) is 24.5 Å². The molecule has 5 rings (SSSR count). The summed E-state index contributed by atoms with van der Waals surface area (Å²) < 4.78 is 114. The lowest BCUT2D eigenvalue weighted by atomic mass is 10.1. The van der Waals surface area contributed by atoms with Crippen LogP contribution in [0.1, 0.15) is 31.2 Å². The number of oxazole rings is 1. The van der Waals surface area contributed by atoms with Gasteiger partial charge in [-0.2, -0.15) is 34.6 Å². The average Bonchev–Trinajstić information content (AvgIpc) is 3.48. The fraction of sp³-hybridized carbons (Fsp3) is 0.281. The highest BCUT2D eigenvalue weighted by Gasteiger charge is 2.38. The van der Waals surface area contributed by atoms with Gasteiger partial charge < -0.3 is 14.2 Å². The number of aryl methyl sites for hydroxylation is 1. The Morgan fingerprint density at radius 3 is 2.21 bits per heavy atom. The molecular formula is C32H32ClF3N3O7S2+.